The number of hydrogen-bond acceptors (Lipinski definition) is 3. The largest absolute Gasteiger partial charge is 0.208 e. The summed E-state index contributed by atoms with van der Waals surface area (Å²) in [5.74, 6) is 5.03. The van der Waals surface area contributed by atoms with Crippen molar-refractivity contribution < 1.29 is 0 Å². The molecule has 0 atom stereocenters. The first kappa shape index (κ1) is 37.2. The fraction of sp³-hybridized carbons (Fsp3) is 0.177. The Labute approximate surface area is 381 Å². The Hall–Kier alpha value is -7.23. The van der Waals surface area contributed by atoms with Crippen molar-refractivity contribution in [1.82, 2.24) is 15.0 Å². The normalized spacial score (nSPS) is 22.3. The molecule has 0 saturated heterocycles. The fourth-order valence-electron chi connectivity index (χ4n) is 14.1. The Morgan fingerprint density at radius 3 is 1.29 bits per heavy atom. The Bertz CT molecular complexity index is 3280. The summed E-state index contributed by atoms with van der Waals surface area (Å²) in [5.41, 5.74) is 18.8. The van der Waals surface area contributed by atoms with Crippen molar-refractivity contribution in [2.45, 2.75) is 42.9 Å². The van der Waals surface area contributed by atoms with Crippen molar-refractivity contribution in [2.24, 2.45) is 23.7 Å². The molecule has 0 amide bonds. The first-order valence-electron chi connectivity index (χ1n) is 23.7. The first-order valence-corrected chi connectivity index (χ1v) is 23.7. The summed E-state index contributed by atoms with van der Waals surface area (Å²) < 4.78 is 0. The second-order valence-electron chi connectivity index (χ2n) is 19.5. The lowest BCUT2D eigenvalue weighted by molar-refractivity contribution is -0.0440. The minimum Gasteiger partial charge on any atom is -0.208 e. The lowest BCUT2D eigenvalue weighted by Crippen LogP contribution is -2.59. The summed E-state index contributed by atoms with van der Waals surface area (Å²) in [5, 5.41) is 0. The van der Waals surface area contributed by atoms with Gasteiger partial charge in [-0.3, -0.25) is 0 Å². The van der Waals surface area contributed by atoms with Gasteiger partial charge in [0.25, 0.3) is 0 Å². The highest BCUT2D eigenvalue weighted by atomic mass is 15.0. The molecule has 6 aliphatic rings. The van der Waals surface area contributed by atoms with Crippen LogP contribution in [0.25, 0.3) is 67.5 Å². The highest BCUT2D eigenvalue weighted by Crippen LogP contribution is 2.71. The summed E-state index contributed by atoms with van der Waals surface area (Å²) in [6.07, 6.45) is 6.83. The molecule has 3 nitrogen and oxygen atoms in total. The summed E-state index contributed by atoms with van der Waals surface area (Å²) in [7, 11) is 0. The van der Waals surface area contributed by atoms with E-state index in [0.717, 1.165) is 45.2 Å². The van der Waals surface area contributed by atoms with E-state index in [1.165, 1.54) is 71.0 Å². The van der Waals surface area contributed by atoms with Gasteiger partial charge in [-0.25, -0.2) is 15.0 Å². The standard InChI is InChI=1S/C62H47N3/c1-3-15-41(16-4-1)43-19-13-21-46(36-43)59-63-58(42-17-5-2-6-18-42)64-60(65-59)47-22-14-20-44(37-47)45-29-30-56-57(38-45)62(52-25-9-7-23-50(52)51-24-8-10-26-53(51)62)55-28-12-11-27-54(55)61(56)48-32-39-31-40(34-48)35-49(61)33-39/h1-30,36-40,48-49H,31-35H2. The van der Waals surface area contributed by atoms with Crippen molar-refractivity contribution in [1.29, 1.82) is 0 Å². The zero-order valence-corrected chi connectivity index (χ0v) is 36.2. The van der Waals surface area contributed by atoms with Crippen LogP contribution < -0.4 is 0 Å². The highest BCUT2D eigenvalue weighted by molar-refractivity contribution is 5.89. The molecule has 9 aromatic rings. The molecular weight excluding hydrogens is 787 g/mol. The van der Waals surface area contributed by atoms with E-state index < -0.39 is 5.41 Å². The van der Waals surface area contributed by atoms with Gasteiger partial charge in [-0.1, -0.05) is 182 Å². The van der Waals surface area contributed by atoms with Gasteiger partial charge in [0.1, 0.15) is 0 Å². The molecule has 2 spiro atoms. The van der Waals surface area contributed by atoms with E-state index in [0.29, 0.717) is 29.3 Å². The predicted molar refractivity (Wildman–Crippen MR) is 262 cm³/mol. The molecule has 0 unspecified atom stereocenters. The van der Waals surface area contributed by atoms with Crippen LogP contribution in [-0.4, -0.2) is 15.0 Å². The number of rotatable bonds is 5. The molecule has 1 aromatic heterocycles. The van der Waals surface area contributed by atoms with E-state index in [4.69, 9.17) is 15.0 Å². The molecule has 15 rings (SSSR count). The molecule has 6 aliphatic carbocycles. The van der Waals surface area contributed by atoms with Crippen LogP contribution in [0, 0.1) is 23.7 Å². The van der Waals surface area contributed by atoms with Crippen LogP contribution in [0.3, 0.4) is 0 Å². The molecule has 65 heavy (non-hydrogen) atoms. The van der Waals surface area contributed by atoms with Crippen molar-refractivity contribution >= 4 is 0 Å². The quantitative estimate of drug-likeness (QED) is 0.173. The van der Waals surface area contributed by atoms with Crippen LogP contribution in [0.4, 0.5) is 0 Å². The van der Waals surface area contributed by atoms with Crippen LogP contribution >= 0.6 is 0 Å². The number of nitrogens with zero attached hydrogens (tertiary/aromatic N) is 3. The molecule has 4 bridgehead atoms. The third kappa shape index (κ3) is 5.33. The summed E-state index contributed by atoms with van der Waals surface area (Å²) in [6, 6.07) is 74.2. The monoisotopic (exact) mass is 833 g/mol. The summed E-state index contributed by atoms with van der Waals surface area (Å²) >= 11 is 0. The topological polar surface area (TPSA) is 38.7 Å². The van der Waals surface area contributed by atoms with Gasteiger partial charge in [-0.05, 0) is 141 Å². The second kappa shape index (κ2) is 14.1. The van der Waals surface area contributed by atoms with Crippen molar-refractivity contribution in [3.05, 3.63) is 234 Å². The predicted octanol–water partition coefficient (Wildman–Crippen LogP) is 14.6. The number of benzene rings is 8. The molecule has 3 heteroatoms. The van der Waals surface area contributed by atoms with Crippen molar-refractivity contribution in [2.75, 3.05) is 0 Å². The van der Waals surface area contributed by atoms with E-state index in [2.05, 4.69) is 182 Å². The molecule has 4 saturated carbocycles. The van der Waals surface area contributed by atoms with E-state index in [9.17, 15) is 0 Å². The van der Waals surface area contributed by atoms with Gasteiger partial charge >= 0.3 is 0 Å². The average molecular weight is 834 g/mol. The number of fused-ring (bicyclic) bond motifs is 9. The van der Waals surface area contributed by atoms with E-state index in [-0.39, 0.29) is 5.41 Å². The first-order chi connectivity index (χ1) is 32.2. The van der Waals surface area contributed by atoms with E-state index in [1.807, 2.05) is 18.2 Å². The molecule has 310 valence electrons. The Kier molecular flexibility index (Phi) is 8.08. The van der Waals surface area contributed by atoms with E-state index >= 15 is 0 Å². The lowest BCUT2D eigenvalue weighted by Gasteiger charge is -2.65. The maximum absolute atomic E-state index is 5.25. The average Bonchev–Trinajstić information content (AvgIpc) is 3.67. The SMILES string of the molecule is c1ccc(-c2cccc(-c3nc(-c4ccccc4)nc(-c4cccc(-c5ccc6c(c5)C5(c7ccccc7-c7ccccc75)c5ccccc5C65C6CC7CC(C6)CC5C7)c4)n3)c2)cc1. The van der Waals surface area contributed by atoms with Crippen LogP contribution in [0.15, 0.2) is 200 Å². The molecular formula is C62H47N3. The van der Waals surface area contributed by atoms with Gasteiger partial charge in [0.2, 0.25) is 0 Å². The minimum atomic E-state index is -0.436. The molecule has 1 heterocycles. The fourth-order valence-corrected chi connectivity index (χ4v) is 14.1. The molecule has 8 aromatic carbocycles. The van der Waals surface area contributed by atoms with Gasteiger partial charge < -0.3 is 0 Å². The summed E-state index contributed by atoms with van der Waals surface area (Å²) in [6.45, 7) is 0. The number of aromatic nitrogens is 3. The minimum absolute atomic E-state index is 0.00435. The summed E-state index contributed by atoms with van der Waals surface area (Å²) in [4.78, 5) is 15.6. The van der Waals surface area contributed by atoms with Gasteiger partial charge in [0.15, 0.2) is 17.5 Å². The Balaban J connectivity index is 0.971. The highest BCUT2D eigenvalue weighted by Gasteiger charge is 2.64. The smallest absolute Gasteiger partial charge is 0.164 e. The van der Waals surface area contributed by atoms with Gasteiger partial charge in [-0.2, -0.15) is 0 Å². The van der Waals surface area contributed by atoms with Gasteiger partial charge in [0, 0.05) is 22.1 Å². The molecule has 0 radical (unpaired) electrons. The zero-order valence-electron chi connectivity index (χ0n) is 36.2. The van der Waals surface area contributed by atoms with E-state index in [1.54, 1.807) is 11.1 Å². The third-order valence-electron chi connectivity index (χ3n) is 16.4. The maximum Gasteiger partial charge on any atom is 0.164 e. The number of hydrogen-bond donors (Lipinski definition) is 0. The van der Waals surface area contributed by atoms with Crippen LogP contribution in [0.1, 0.15) is 65.5 Å². The Morgan fingerprint density at radius 1 is 0.292 bits per heavy atom. The maximum atomic E-state index is 5.25. The van der Waals surface area contributed by atoms with Gasteiger partial charge in [-0.15, -0.1) is 0 Å². The van der Waals surface area contributed by atoms with Crippen molar-refractivity contribution in [3.8, 4) is 67.5 Å². The Morgan fingerprint density at radius 2 is 0.708 bits per heavy atom. The molecule has 0 N–H and O–H groups in total. The molecule has 4 fully saturated rings. The third-order valence-corrected chi connectivity index (χ3v) is 16.4. The van der Waals surface area contributed by atoms with Gasteiger partial charge in [0.05, 0.1) is 5.41 Å². The lowest BCUT2D eigenvalue weighted by atomic mass is 9.38. The van der Waals surface area contributed by atoms with Crippen LogP contribution in [0.2, 0.25) is 0 Å². The zero-order chi connectivity index (χ0) is 42.7. The van der Waals surface area contributed by atoms with Crippen LogP contribution in [0.5, 0.6) is 0 Å². The molecule has 0 aliphatic heterocycles. The van der Waals surface area contributed by atoms with Crippen LogP contribution in [-0.2, 0) is 10.8 Å². The van der Waals surface area contributed by atoms with Crippen molar-refractivity contribution in [3.63, 3.8) is 0 Å². The second-order valence-corrected chi connectivity index (χ2v) is 19.5.